The van der Waals surface area contributed by atoms with Gasteiger partial charge in [-0.25, -0.2) is 0 Å². The zero-order chi connectivity index (χ0) is 14.8. The van der Waals surface area contributed by atoms with Crippen molar-refractivity contribution >= 4 is 0 Å². The summed E-state index contributed by atoms with van der Waals surface area (Å²) in [6.45, 7) is 15.7. The molecule has 1 aliphatic heterocycles. The van der Waals surface area contributed by atoms with Crippen LogP contribution in [-0.4, -0.2) is 63.0 Å². The van der Waals surface area contributed by atoms with E-state index in [2.05, 4.69) is 37.9 Å². The Hall–Kier alpha value is -0.160. The van der Waals surface area contributed by atoms with Crippen molar-refractivity contribution in [1.82, 2.24) is 10.2 Å². The van der Waals surface area contributed by atoms with Gasteiger partial charge in [0.05, 0.1) is 19.3 Å². The maximum absolute atomic E-state index is 5.77. The minimum atomic E-state index is 0.255. The predicted octanol–water partition coefficient (Wildman–Crippen LogP) is 2.14. The molecule has 0 saturated carbocycles. The molecule has 1 fully saturated rings. The smallest absolute Gasteiger partial charge is 0.0935 e. The highest BCUT2D eigenvalue weighted by Gasteiger charge is 2.20. The van der Waals surface area contributed by atoms with Crippen LogP contribution in [0, 0.1) is 5.92 Å². The van der Waals surface area contributed by atoms with Crippen LogP contribution in [0.3, 0.4) is 0 Å². The van der Waals surface area contributed by atoms with Crippen LogP contribution in [0.15, 0.2) is 0 Å². The molecule has 0 aliphatic carbocycles. The molecule has 1 rings (SSSR count). The highest BCUT2D eigenvalue weighted by Crippen LogP contribution is 2.08. The number of morpholine rings is 1. The predicted molar refractivity (Wildman–Crippen MR) is 84.2 cm³/mol. The van der Waals surface area contributed by atoms with E-state index in [0.717, 1.165) is 51.8 Å². The second-order valence-electron chi connectivity index (χ2n) is 6.34. The summed E-state index contributed by atoms with van der Waals surface area (Å²) in [6, 6.07) is 0.612. The molecule has 2 atom stereocenters. The lowest BCUT2D eigenvalue weighted by molar-refractivity contribution is -0.0712. The molecule has 0 aromatic rings. The van der Waals surface area contributed by atoms with Gasteiger partial charge in [-0.1, -0.05) is 20.8 Å². The first kappa shape index (κ1) is 17.9. The molecule has 1 aliphatic rings. The normalized spacial score (nSPS) is 22.4. The fraction of sp³-hybridized carbons (Fsp3) is 1.00. The number of hydrogen-bond donors (Lipinski definition) is 1. The van der Waals surface area contributed by atoms with Crippen LogP contribution in [-0.2, 0) is 9.47 Å². The van der Waals surface area contributed by atoms with E-state index in [1.807, 2.05) is 0 Å². The fourth-order valence-electron chi connectivity index (χ4n) is 2.45. The summed E-state index contributed by atoms with van der Waals surface area (Å²) in [6.07, 6.45) is 2.51. The second kappa shape index (κ2) is 10.6. The van der Waals surface area contributed by atoms with Crippen molar-refractivity contribution in [2.24, 2.45) is 5.92 Å². The van der Waals surface area contributed by atoms with Gasteiger partial charge in [0.2, 0.25) is 0 Å². The molecule has 0 bridgehead atoms. The van der Waals surface area contributed by atoms with E-state index in [9.17, 15) is 0 Å². The lowest BCUT2D eigenvalue weighted by atomic mass is 10.2. The minimum absolute atomic E-state index is 0.255. The highest BCUT2D eigenvalue weighted by atomic mass is 16.5. The molecule has 0 spiro atoms. The monoisotopic (exact) mass is 286 g/mol. The van der Waals surface area contributed by atoms with Gasteiger partial charge < -0.3 is 14.8 Å². The molecule has 0 aromatic heterocycles. The maximum atomic E-state index is 5.77. The molecule has 0 amide bonds. The van der Waals surface area contributed by atoms with E-state index in [4.69, 9.17) is 9.47 Å². The Morgan fingerprint density at radius 2 is 2.15 bits per heavy atom. The zero-order valence-corrected chi connectivity index (χ0v) is 13.9. The topological polar surface area (TPSA) is 33.7 Å². The lowest BCUT2D eigenvalue weighted by Crippen LogP contribution is -2.45. The number of nitrogens with one attached hydrogen (secondary N) is 1. The summed E-state index contributed by atoms with van der Waals surface area (Å²) in [5.41, 5.74) is 0. The Balaban J connectivity index is 2.01. The number of rotatable bonds is 10. The van der Waals surface area contributed by atoms with Crippen LogP contribution in [0.4, 0.5) is 0 Å². The van der Waals surface area contributed by atoms with Crippen LogP contribution in [0.25, 0.3) is 0 Å². The standard InChI is InChI=1S/C16H34N2O2/c1-5-15(4)17-7-6-9-19-13-16-12-18(8-10-20-16)11-14(2)3/h14-17H,5-13H2,1-4H3/t15?,16-/m0/s1. The van der Waals surface area contributed by atoms with Crippen molar-refractivity contribution in [3.05, 3.63) is 0 Å². The van der Waals surface area contributed by atoms with E-state index in [-0.39, 0.29) is 6.10 Å². The van der Waals surface area contributed by atoms with Crippen molar-refractivity contribution in [3.63, 3.8) is 0 Å². The van der Waals surface area contributed by atoms with Gasteiger partial charge in [-0.05, 0) is 32.2 Å². The second-order valence-corrected chi connectivity index (χ2v) is 6.34. The lowest BCUT2D eigenvalue weighted by Gasteiger charge is -2.33. The Morgan fingerprint density at radius 3 is 2.85 bits per heavy atom. The Bertz CT molecular complexity index is 237. The molecule has 1 saturated heterocycles. The van der Waals surface area contributed by atoms with Gasteiger partial charge in [-0.2, -0.15) is 0 Å². The average molecular weight is 286 g/mol. The van der Waals surface area contributed by atoms with Gasteiger partial charge in [0.15, 0.2) is 0 Å². The number of ether oxygens (including phenoxy) is 2. The zero-order valence-electron chi connectivity index (χ0n) is 13.9. The van der Waals surface area contributed by atoms with Crippen molar-refractivity contribution in [2.75, 3.05) is 46.0 Å². The Labute approximate surface area is 125 Å². The molecule has 0 radical (unpaired) electrons. The molecular weight excluding hydrogens is 252 g/mol. The van der Waals surface area contributed by atoms with Crippen molar-refractivity contribution < 1.29 is 9.47 Å². The molecule has 0 aromatic carbocycles. The van der Waals surface area contributed by atoms with Gasteiger partial charge in [0.1, 0.15) is 0 Å². The van der Waals surface area contributed by atoms with Crippen molar-refractivity contribution in [3.8, 4) is 0 Å². The van der Waals surface area contributed by atoms with Crippen LogP contribution < -0.4 is 5.32 Å². The molecule has 1 unspecified atom stereocenters. The van der Waals surface area contributed by atoms with E-state index in [0.29, 0.717) is 6.04 Å². The van der Waals surface area contributed by atoms with Gasteiger partial charge in [-0.3, -0.25) is 4.90 Å². The first-order valence-corrected chi connectivity index (χ1v) is 8.26. The van der Waals surface area contributed by atoms with Gasteiger partial charge in [0.25, 0.3) is 0 Å². The quantitative estimate of drug-likeness (QED) is 0.624. The third kappa shape index (κ3) is 8.20. The van der Waals surface area contributed by atoms with Crippen LogP contribution in [0.1, 0.15) is 40.5 Å². The third-order valence-corrected chi connectivity index (χ3v) is 3.72. The average Bonchev–Trinajstić information content (AvgIpc) is 2.42. The van der Waals surface area contributed by atoms with Crippen LogP contribution >= 0.6 is 0 Å². The first-order chi connectivity index (χ1) is 9.61. The summed E-state index contributed by atoms with van der Waals surface area (Å²) < 4.78 is 11.5. The minimum Gasteiger partial charge on any atom is -0.379 e. The van der Waals surface area contributed by atoms with E-state index in [1.165, 1.54) is 13.0 Å². The van der Waals surface area contributed by atoms with Crippen molar-refractivity contribution in [1.29, 1.82) is 0 Å². The maximum Gasteiger partial charge on any atom is 0.0935 e. The SMILES string of the molecule is CCC(C)NCCCOC[C@@H]1CN(CC(C)C)CCO1. The largest absolute Gasteiger partial charge is 0.379 e. The van der Waals surface area contributed by atoms with E-state index < -0.39 is 0 Å². The summed E-state index contributed by atoms with van der Waals surface area (Å²) in [5, 5.41) is 3.48. The molecule has 4 heteroatoms. The fourth-order valence-corrected chi connectivity index (χ4v) is 2.45. The number of hydrogen-bond acceptors (Lipinski definition) is 4. The van der Waals surface area contributed by atoms with Crippen LogP contribution in [0.5, 0.6) is 0 Å². The summed E-state index contributed by atoms with van der Waals surface area (Å²) >= 11 is 0. The highest BCUT2D eigenvalue weighted by molar-refractivity contribution is 4.72. The van der Waals surface area contributed by atoms with Gasteiger partial charge in [-0.15, -0.1) is 0 Å². The summed E-state index contributed by atoms with van der Waals surface area (Å²) in [5.74, 6) is 0.723. The third-order valence-electron chi connectivity index (χ3n) is 3.72. The molecule has 1 N–H and O–H groups in total. The Kier molecular flexibility index (Phi) is 9.44. The van der Waals surface area contributed by atoms with Gasteiger partial charge >= 0.3 is 0 Å². The first-order valence-electron chi connectivity index (χ1n) is 8.26. The van der Waals surface area contributed by atoms with Crippen LogP contribution in [0.2, 0.25) is 0 Å². The summed E-state index contributed by atoms with van der Waals surface area (Å²) in [4.78, 5) is 2.49. The van der Waals surface area contributed by atoms with Gasteiger partial charge in [0, 0.05) is 32.3 Å². The molecule has 4 nitrogen and oxygen atoms in total. The number of nitrogens with zero attached hydrogens (tertiary/aromatic N) is 1. The Morgan fingerprint density at radius 1 is 1.35 bits per heavy atom. The summed E-state index contributed by atoms with van der Waals surface area (Å²) in [7, 11) is 0. The molecular formula is C16H34N2O2. The van der Waals surface area contributed by atoms with Crippen molar-refractivity contribution in [2.45, 2.75) is 52.7 Å². The molecule has 120 valence electrons. The van der Waals surface area contributed by atoms with E-state index in [1.54, 1.807) is 0 Å². The molecule has 1 heterocycles. The molecule has 20 heavy (non-hydrogen) atoms. The van der Waals surface area contributed by atoms with E-state index >= 15 is 0 Å².